The van der Waals surface area contributed by atoms with Crippen LogP contribution in [0.2, 0.25) is 0 Å². The second kappa shape index (κ2) is 17.7. The van der Waals surface area contributed by atoms with Gasteiger partial charge in [-0.15, -0.1) is 0 Å². The molecule has 2 amide bonds. The summed E-state index contributed by atoms with van der Waals surface area (Å²) in [4.78, 5) is 56.6. The van der Waals surface area contributed by atoms with E-state index in [1.807, 2.05) is 62.4 Å². The summed E-state index contributed by atoms with van der Waals surface area (Å²) in [6, 6.07) is 15.2. The molecule has 3 saturated carbocycles. The first-order valence-corrected chi connectivity index (χ1v) is 18.7. The van der Waals surface area contributed by atoms with Crippen molar-refractivity contribution in [2.75, 3.05) is 13.1 Å². The van der Waals surface area contributed by atoms with Crippen molar-refractivity contribution < 1.29 is 38.9 Å². The molecule has 10 nitrogen and oxygen atoms in total. The van der Waals surface area contributed by atoms with Crippen LogP contribution in [-0.2, 0) is 32.3 Å². The van der Waals surface area contributed by atoms with Gasteiger partial charge in [0.15, 0.2) is 0 Å². The van der Waals surface area contributed by atoms with Gasteiger partial charge in [0.1, 0.15) is 11.5 Å². The fourth-order valence-corrected chi connectivity index (χ4v) is 8.01. The third-order valence-electron chi connectivity index (χ3n) is 10.6. The van der Waals surface area contributed by atoms with Crippen molar-refractivity contribution in [3.05, 3.63) is 59.7 Å². The minimum absolute atomic E-state index is 0.211. The number of rotatable bonds is 16. The normalized spacial score (nSPS) is 22.6. The van der Waals surface area contributed by atoms with E-state index in [-0.39, 0.29) is 25.3 Å². The molecular formula is C40H54N2O8. The van der Waals surface area contributed by atoms with Gasteiger partial charge in [0.25, 0.3) is 0 Å². The van der Waals surface area contributed by atoms with Crippen LogP contribution in [0.4, 0.5) is 0 Å². The molecule has 0 heterocycles. The number of hydrogen-bond donors (Lipinski definition) is 2. The summed E-state index contributed by atoms with van der Waals surface area (Å²) in [6.07, 6.45) is 13.0. The van der Waals surface area contributed by atoms with Crippen LogP contribution < -0.4 is 9.47 Å². The summed E-state index contributed by atoms with van der Waals surface area (Å²) in [6.45, 7) is 4.96. The lowest BCUT2D eigenvalue weighted by atomic mass is 9.55. The molecule has 0 aliphatic heterocycles. The van der Waals surface area contributed by atoms with E-state index in [2.05, 4.69) is 0 Å². The predicted molar refractivity (Wildman–Crippen MR) is 189 cm³/mol. The number of carboxylic acid groups (broad SMARTS) is 2. The van der Waals surface area contributed by atoms with Crippen molar-refractivity contribution in [3.63, 3.8) is 0 Å². The Hall–Kier alpha value is -4.08. The van der Waals surface area contributed by atoms with Crippen LogP contribution in [0.5, 0.6) is 11.5 Å². The van der Waals surface area contributed by atoms with Gasteiger partial charge in [-0.25, -0.2) is 0 Å². The number of nitrogens with zero attached hydrogens (tertiary/aromatic N) is 2. The maximum Gasteiger partial charge on any atom is 0.308 e. The molecule has 0 saturated heterocycles. The molecule has 0 bridgehead atoms. The van der Waals surface area contributed by atoms with Gasteiger partial charge in [-0.05, 0) is 99.6 Å². The largest absolute Gasteiger partial charge is 0.490 e. The molecule has 3 aliphatic carbocycles. The average Bonchev–Trinajstić information content (AvgIpc) is 3.09. The second-order valence-electron chi connectivity index (χ2n) is 14.3. The zero-order chi connectivity index (χ0) is 35.6. The summed E-state index contributed by atoms with van der Waals surface area (Å²) in [5, 5.41) is 20.3. The Kier molecular flexibility index (Phi) is 13.2. The van der Waals surface area contributed by atoms with E-state index in [1.165, 1.54) is 38.5 Å². The van der Waals surface area contributed by atoms with E-state index in [0.717, 1.165) is 48.3 Å². The molecule has 0 radical (unpaired) electrons. The van der Waals surface area contributed by atoms with Gasteiger partial charge < -0.3 is 29.5 Å². The molecule has 10 heteroatoms. The molecule has 3 fully saturated rings. The van der Waals surface area contributed by atoms with Gasteiger partial charge in [-0.1, -0.05) is 51.0 Å². The Morgan fingerprint density at radius 2 is 0.900 bits per heavy atom. The summed E-state index contributed by atoms with van der Waals surface area (Å²) in [5.41, 5.74) is 1.69. The highest BCUT2D eigenvalue weighted by molar-refractivity contribution is 5.99. The van der Waals surface area contributed by atoms with Gasteiger partial charge in [-0.3, -0.25) is 19.2 Å². The molecule has 3 aliphatic rings. The molecule has 50 heavy (non-hydrogen) atoms. The first-order valence-electron chi connectivity index (χ1n) is 18.7. The number of carboxylic acids is 2. The molecule has 272 valence electrons. The van der Waals surface area contributed by atoms with Crippen LogP contribution in [0.1, 0.15) is 102 Å². The summed E-state index contributed by atoms with van der Waals surface area (Å²) >= 11 is 0. The molecule has 4 atom stereocenters. The molecule has 5 rings (SSSR count). The minimum atomic E-state index is -1.50. The molecule has 2 aromatic rings. The molecule has 2 aromatic carbocycles. The zero-order valence-corrected chi connectivity index (χ0v) is 29.6. The predicted octanol–water partition coefficient (Wildman–Crippen LogP) is 6.93. The number of carbonyl (C=O) groups is 4. The summed E-state index contributed by atoms with van der Waals surface area (Å²) in [5.74, 6) is -7.78. The number of carbonyl (C=O) groups excluding carboxylic acids is 2. The second-order valence-corrected chi connectivity index (χ2v) is 14.3. The molecule has 0 aromatic heterocycles. The lowest BCUT2D eigenvalue weighted by Gasteiger charge is -2.48. The van der Waals surface area contributed by atoms with E-state index in [4.69, 9.17) is 9.47 Å². The van der Waals surface area contributed by atoms with Gasteiger partial charge in [0.05, 0.1) is 35.9 Å². The van der Waals surface area contributed by atoms with Gasteiger partial charge >= 0.3 is 11.9 Å². The van der Waals surface area contributed by atoms with Crippen molar-refractivity contribution in [3.8, 4) is 11.5 Å². The average molecular weight is 691 g/mol. The van der Waals surface area contributed by atoms with Crippen molar-refractivity contribution in [2.45, 2.75) is 116 Å². The fourth-order valence-electron chi connectivity index (χ4n) is 8.01. The third kappa shape index (κ3) is 9.17. The highest BCUT2D eigenvalue weighted by atomic mass is 16.5. The number of ether oxygens (including phenoxy) is 2. The van der Waals surface area contributed by atoms with Gasteiger partial charge in [0.2, 0.25) is 11.8 Å². The third-order valence-corrected chi connectivity index (χ3v) is 10.6. The number of benzene rings is 2. The van der Waals surface area contributed by atoms with Crippen molar-refractivity contribution in [1.82, 2.24) is 9.80 Å². The molecule has 4 unspecified atom stereocenters. The minimum Gasteiger partial charge on any atom is -0.490 e. The SMILES string of the molecule is CCCN(Cc1ccc(OC2CCCCC2)cc1)C(=O)C1C(C(=O)O)C(C(=O)O)C1C(=O)N(CCC)Cc1ccc(OC2CCCCC2)cc1. The summed E-state index contributed by atoms with van der Waals surface area (Å²) in [7, 11) is 0. The Balaban J connectivity index is 1.31. The quantitative estimate of drug-likeness (QED) is 0.194. The summed E-state index contributed by atoms with van der Waals surface area (Å²) < 4.78 is 12.3. The van der Waals surface area contributed by atoms with Crippen LogP contribution >= 0.6 is 0 Å². The number of amides is 2. The molecular weight excluding hydrogens is 636 g/mol. The zero-order valence-electron chi connectivity index (χ0n) is 29.6. The highest BCUT2D eigenvalue weighted by Gasteiger charge is 2.64. The smallest absolute Gasteiger partial charge is 0.308 e. The first kappa shape index (κ1) is 37.2. The number of aliphatic carboxylic acids is 2. The highest BCUT2D eigenvalue weighted by Crippen LogP contribution is 2.49. The van der Waals surface area contributed by atoms with Crippen LogP contribution in [-0.4, -0.2) is 69.1 Å². The lowest BCUT2D eigenvalue weighted by Crippen LogP contribution is -2.64. The van der Waals surface area contributed by atoms with E-state index in [1.54, 1.807) is 9.80 Å². The maximum atomic E-state index is 14.2. The lowest BCUT2D eigenvalue weighted by molar-refractivity contribution is -0.187. The van der Waals surface area contributed by atoms with Crippen LogP contribution in [0.3, 0.4) is 0 Å². The monoisotopic (exact) mass is 690 g/mol. The van der Waals surface area contributed by atoms with Crippen LogP contribution in [0.25, 0.3) is 0 Å². The Morgan fingerprint density at radius 3 is 1.20 bits per heavy atom. The van der Waals surface area contributed by atoms with Crippen molar-refractivity contribution in [1.29, 1.82) is 0 Å². The Morgan fingerprint density at radius 1 is 0.560 bits per heavy atom. The van der Waals surface area contributed by atoms with Gasteiger partial charge in [0, 0.05) is 26.2 Å². The van der Waals surface area contributed by atoms with Gasteiger partial charge in [-0.2, -0.15) is 0 Å². The van der Waals surface area contributed by atoms with E-state index < -0.39 is 47.4 Å². The molecule has 2 N–H and O–H groups in total. The first-order chi connectivity index (χ1) is 24.2. The Bertz CT molecular complexity index is 1320. The standard InChI is InChI=1S/C40H54N2O8/c1-3-23-41(25-27-15-19-31(20-16-27)49-29-11-7-5-8-12-29)37(43)33-34(36(40(47)48)35(33)39(45)46)38(44)42(24-4-2)26-28-17-21-32(22-18-28)50-30-13-9-6-10-14-30/h15-22,29-30,33-36H,3-14,23-26H2,1-2H3,(H,45,46)(H,47,48). The van der Waals surface area contributed by atoms with Crippen molar-refractivity contribution >= 4 is 23.8 Å². The van der Waals surface area contributed by atoms with Crippen LogP contribution in [0.15, 0.2) is 48.5 Å². The Labute approximate surface area is 296 Å². The maximum absolute atomic E-state index is 14.2. The van der Waals surface area contributed by atoms with Crippen molar-refractivity contribution in [2.24, 2.45) is 23.7 Å². The fraction of sp³-hybridized carbons (Fsp3) is 0.600. The van der Waals surface area contributed by atoms with E-state index in [9.17, 15) is 29.4 Å². The van der Waals surface area contributed by atoms with E-state index in [0.29, 0.717) is 25.9 Å². The van der Waals surface area contributed by atoms with E-state index >= 15 is 0 Å². The number of hydrogen-bond acceptors (Lipinski definition) is 6. The molecule has 0 spiro atoms. The topological polar surface area (TPSA) is 134 Å². The van der Waals surface area contributed by atoms with Crippen LogP contribution in [0, 0.1) is 23.7 Å².